The van der Waals surface area contributed by atoms with Gasteiger partial charge >= 0.3 is 0 Å². The Bertz CT molecular complexity index is 627. The average Bonchev–Trinajstić information content (AvgIpc) is 2.94. The third-order valence-corrected chi connectivity index (χ3v) is 3.17. The van der Waals surface area contributed by atoms with E-state index in [0.29, 0.717) is 6.54 Å². The monoisotopic (exact) mass is 272 g/mol. The van der Waals surface area contributed by atoms with Gasteiger partial charge in [-0.05, 0) is 19.1 Å². The number of nitrogens with one attached hydrogen (secondary N) is 1. The first-order valence-corrected chi connectivity index (χ1v) is 6.40. The molecule has 0 aliphatic carbocycles. The molecule has 1 N–H and O–H groups in total. The molecule has 0 atom stereocenters. The molecule has 5 heteroatoms. The highest BCUT2D eigenvalue weighted by atomic mass is 16.7. The molecule has 0 radical (unpaired) electrons. The standard InChI is InChI=1S/C15H16N2O3/c1-10-6-12(14(18-2)8-16-10)17-7-11-4-3-5-13-15(11)20-9-19-13/h3-6,8H,7,9H2,1-2H3,(H,16,17). The molecule has 0 unspecified atom stereocenters. The molecular formula is C15H16N2O3. The van der Waals surface area contributed by atoms with Crippen molar-refractivity contribution in [2.45, 2.75) is 13.5 Å². The van der Waals surface area contributed by atoms with E-state index in [4.69, 9.17) is 14.2 Å². The van der Waals surface area contributed by atoms with Crippen LogP contribution in [0.3, 0.4) is 0 Å². The molecule has 1 aliphatic rings. The van der Waals surface area contributed by atoms with Crippen molar-refractivity contribution in [3.8, 4) is 17.2 Å². The summed E-state index contributed by atoms with van der Waals surface area (Å²) in [6.07, 6.45) is 1.71. The van der Waals surface area contributed by atoms with Gasteiger partial charge in [0.25, 0.3) is 0 Å². The van der Waals surface area contributed by atoms with Crippen LogP contribution in [-0.4, -0.2) is 18.9 Å². The first-order valence-electron chi connectivity index (χ1n) is 6.40. The summed E-state index contributed by atoms with van der Waals surface area (Å²) in [6.45, 7) is 2.86. The van der Waals surface area contributed by atoms with E-state index in [1.807, 2.05) is 31.2 Å². The van der Waals surface area contributed by atoms with E-state index >= 15 is 0 Å². The van der Waals surface area contributed by atoms with E-state index in [0.717, 1.165) is 34.2 Å². The zero-order valence-electron chi connectivity index (χ0n) is 11.5. The number of anilines is 1. The number of aryl methyl sites for hydroxylation is 1. The second kappa shape index (κ2) is 5.28. The number of fused-ring (bicyclic) bond motifs is 1. The maximum atomic E-state index is 5.49. The van der Waals surface area contributed by atoms with Gasteiger partial charge in [0.1, 0.15) is 0 Å². The minimum atomic E-state index is 0.282. The van der Waals surface area contributed by atoms with E-state index in [1.165, 1.54) is 0 Å². The van der Waals surface area contributed by atoms with Gasteiger partial charge in [0.05, 0.1) is 19.0 Å². The van der Waals surface area contributed by atoms with Crippen LogP contribution in [-0.2, 0) is 6.54 Å². The van der Waals surface area contributed by atoms with Crippen LogP contribution in [0.2, 0.25) is 0 Å². The van der Waals surface area contributed by atoms with Crippen molar-refractivity contribution in [3.63, 3.8) is 0 Å². The van der Waals surface area contributed by atoms with E-state index in [9.17, 15) is 0 Å². The lowest BCUT2D eigenvalue weighted by Gasteiger charge is -2.12. The number of nitrogens with zero attached hydrogens (tertiary/aromatic N) is 1. The number of aromatic nitrogens is 1. The minimum absolute atomic E-state index is 0.282. The molecule has 0 saturated heterocycles. The predicted octanol–water partition coefficient (Wildman–Crippen LogP) is 2.74. The normalized spacial score (nSPS) is 12.3. The van der Waals surface area contributed by atoms with Crippen LogP contribution in [0.4, 0.5) is 5.69 Å². The van der Waals surface area contributed by atoms with Crippen molar-refractivity contribution in [3.05, 3.63) is 41.7 Å². The van der Waals surface area contributed by atoms with Crippen molar-refractivity contribution >= 4 is 5.69 Å². The van der Waals surface area contributed by atoms with Crippen molar-refractivity contribution in [1.29, 1.82) is 0 Å². The van der Waals surface area contributed by atoms with Gasteiger partial charge in [-0.25, -0.2) is 0 Å². The maximum absolute atomic E-state index is 5.49. The summed E-state index contributed by atoms with van der Waals surface area (Å²) in [5, 5.41) is 3.35. The van der Waals surface area contributed by atoms with E-state index in [2.05, 4.69) is 10.3 Å². The van der Waals surface area contributed by atoms with Crippen molar-refractivity contribution in [2.75, 3.05) is 19.2 Å². The van der Waals surface area contributed by atoms with Gasteiger partial charge < -0.3 is 19.5 Å². The number of pyridine rings is 1. The van der Waals surface area contributed by atoms with Crippen LogP contribution < -0.4 is 19.5 Å². The van der Waals surface area contributed by atoms with Gasteiger partial charge in [-0.2, -0.15) is 0 Å². The Balaban J connectivity index is 1.80. The van der Waals surface area contributed by atoms with E-state index < -0.39 is 0 Å². The molecular weight excluding hydrogens is 256 g/mol. The van der Waals surface area contributed by atoms with Crippen molar-refractivity contribution in [1.82, 2.24) is 4.98 Å². The van der Waals surface area contributed by atoms with Gasteiger partial charge in [-0.1, -0.05) is 12.1 Å². The zero-order chi connectivity index (χ0) is 13.9. The van der Waals surface area contributed by atoms with Crippen LogP contribution in [0.1, 0.15) is 11.3 Å². The molecule has 0 amide bonds. The van der Waals surface area contributed by atoms with Gasteiger partial charge in [-0.15, -0.1) is 0 Å². The number of rotatable bonds is 4. The van der Waals surface area contributed by atoms with Crippen LogP contribution in [0, 0.1) is 6.92 Å². The number of hydrogen-bond acceptors (Lipinski definition) is 5. The zero-order valence-corrected chi connectivity index (χ0v) is 11.5. The third kappa shape index (κ3) is 2.34. The van der Waals surface area contributed by atoms with Crippen molar-refractivity contribution < 1.29 is 14.2 Å². The lowest BCUT2D eigenvalue weighted by molar-refractivity contribution is 0.173. The Kier molecular flexibility index (Phi) is 3.33. The Labute approximate surface area is 117 Å². The number of para-hydroxylation sites is 1. The van der Waals surface area contributed by atoms with E-state index in [-0.39, 0.29) is 6.79 Å². The summed E-state index contributed by atoms with van der Waals surface area (Å²) in [4.78, 5) is 4.21. The Morgan fingerprint density at radius 3 is 3.10 bits per heavy atom. The summed E-state index contributed by atoms with van der Waals surface area (Å²) >= 11 is 0. The maximum Gasteiger partial charge on any atom is 0.231 e. The van der Waals surface area contributed by atoms with Crippen LogP contribution in [0.15, 0.2) is 30.5 Å². The largest absolute Gasteiger partial charge is 0.493 e. The first-order chi connectivity index (χ1) is 9.78. The molecule has 3 rings (SSSR count). The second-order valence-electron chi connectivity index (χ2n) is 4.53. The van der Waals surface area contributed by atoms with Crippen molar-refractivity contribution in [2.24, 2.45) is 0 Å². The molecule has 2 aromatic rings. The lowest BCUT2D eigenvalue weighted by Crippen LogP contribution is -2.03. The quantitative estimate of drug-likeness (QED) is 0.927. The fourth-order valence-corrected chi connectivity index (χ4v) is 2.17. The van der Waals surface area contributed by atoms with Gasteiger partial charge in [0.15, 0.2) is 17.2 Å². The second-order valence-corrected chi connectivity index (χ2v) is 4.53. The molecule has 1 aromatic carbocycles. The third-order valence-electron chi connectivity index (χ3n) is 3.17. The van der Waals surface area contributed by atoms with Gasteiger partial charge in [0.2, 0.25) is 6.79 Å². The number of hydrogen-bond donors (Lipinski definition) is 1. The highest BCUT2D eigenvalue weighted by molar-refractivity contribution is 5.57. The summed E-state index contributed by atoms with van der Waals surface area (Å²) in [5.74, 6) is 2.33. The highest BCUT2D eigenvalue weighted by Gasteiger charge is 2.17. The smallest absolute Gasteiger partial charge is 0.231 e. The SMILES string of the molecule is COc1cnc(C)cc1NCc1cccc2c1OCO2. The predicted molar refractivity (Wildman–Crippen MR) is 75.4 cm³/mol. The Hall–Kier alpha value is -2.43. The fraction of sp³-hybridized carbons (Fsp3) is 0.267. The summed E-state index contributed by atoms with van der Waals surface area (Å²) in [7, 11) is 1.63. The molecule has 20 heavy (non-hydrogen) atoms. The molecule has 0 spiro atoms. The minimum Gasteiger partial charge on any atom is -0.493 e. The molecule has 2 heterocycles. The van der Waals surface area contributed by atoms with Gasteiger partial charge in [0, 0.05) is 17.8 Å². The van der Waals surface area contributed by atoms with Crippen LogP contribution in [0.5, 0.6) is 17.2 Å². The molecule has 0 saturated carbocycles. The average molecular weight is 272 g/mol. The Morgan fingerprint density at radius 2 is 2.25 bits per heavy atom. The fourth-order valence-electron chi connectivity index (χ4n) is 2.17. The molecule has 1 aliphatic heterocycles. The highest BCUT2D eigenvalue weighted by Crippen LogP contribution is 2.36. The first kappa shape index (κ1) is 12.6. The summed E-state index contributed by atoms with van der Waals surface area (Å²) in [5.41, 5.74) is 2.90. The van der Waals surface area contributed by atoms with Crippen LogP contribution >= 0.6 is 0 Å². The number of ether oxygens (including phenoxy) is 3. The lowest BCUT2D eigenvalue weighted by atomic mass is 10.2. The number of methoxy groups -OCH3 is 1. The summed E-state index contributed by atoms with van der Waals surface area (Å²) in [6, 6.07) is 7.84. The number of benzene rings is 1. The molecule has 0 bridgehead atoms. The molecule has 0 fully saturated rings. The van der Waals surface area contributed by atoms with Crippen LogP contribution in [0.25, 0.3) is 0 Å². The molecule has 1 aromatic heterocycles. The molecule has 104 valence electrons. The Morgan fingerprint density at radius 1 is 1.35 bits per heavy atom. The molecule has 5 nitrogen and oxygen atoms in total. The summed E-state index contributed by atoms with van der Waals surface area (Å²) < 4.78 is 16.2. The topological polar surface area (TPSA) is 52.6 Å². The van der Waals surface area contributed by atoms with Gasteiger partial charge in [-0.3, -0.25) is 4.98 Å². The van der Waals surface area contributed by atoms with E-state index in [1.54, 1.807) is 13.3 Å².